The summed E-state index contributed by atoms with van der Waals surface area (Å²) < 4.78 is 45.4. The number of hydrogen-bond acceptors (Lipinski definition) is 6. The lowest BCUT2D eigenvalue weighted by molar-refractivity contribution is -0.137. The number of thiazole rings is 1. The molecule has 3 aromatic rings. The number of halogens is 3. The topological polar surface area (TPSA) is 79.5 Å². The van der Waals surface area contributed by atoms with Crippen molar-refractivity contribution in [3.05, 3.63) is 74.2 Å². The van der Waals surface area contributed by atoms with Crippen LogP contribution in [0.4, 0.5) is 18.9 Å². The summed E-state index contributed by atoms with van der Waals surface area (Å²) in [6.45, 7) is 0. The fraction of sp³-hybridized carbons (Fsp3) is 0.370. The summed E-state index contributed by atoms with van der Waals surface area (Å²) in [5.74, 6) is -1.63. The molecule has 0 spiro atoms. The van der Waals surface area contributed by atoms with E-state index in [2.05, 4.69) is 4.98 Å². The number of benzene rings is 2. The van der Waals surface area contributed by atoms with Crippen LogP contribution in [0.5, 0.6) is 5.75 Å². The van der Waals surface area contributed by atoms with E-state index in [0.29, 0.717) is 12.2 Å². The highest BCUT2D eigenvalue weighted by molar-refractivity contribution is 8.00. The molecule has 4 aliphatic rings. The number of alkyl halides is 3. The van der Waals surface area contributed by atoms with E-state index in [0.717, 1.165) is 32.5 Å². The van der Waals surface area contributed by atoms with E-state index in [-0.39, 0.29) is 39.5 Å². The number of ether oxygens (including phenoxy) is 1. The molecule has 2 aliphatic carbocycles. The van der Waals surface area contributed by atoms with Crippen molar-refractivity contribution >= 4 is 40.6 Å². The standard InChI is InChI=1S/C27H21F3N2O4S2/c1-36-14-7-5-11(6-8-14)17-18-15-10-16(21(18)37-23-22(17)38-26(35)31-23)20-19(15)24(33)32(25(20)34)13-4-2-3-12(9-13)27(28,29)30/h2-9,15-21H,10H2,1H3,(H,31,35)/t15-,16+,17+,18+,19+,20+,21-/m1/s1. The molecule has 2 aromatic carbocycles. The maximum absolute atomic E-state index is 13.7. The number of imide groups is 1. The molecule has 11 heteroatoms. The second-order valence-electron chi connectivity index (χ2n) is 10.3. The molecule has 1 aromatic heterocycles. The van der Waals surface area contributed by atoms with Gasteiger partial charge in [0.1, 0.15) is 5.75 Å². The van der Waals surface area contributed by atoms with Crippen LogP contribution in [0.3, 0.4) is 0 Å². The first-order valence-corrected chi connectivity index (χ1v) is 14.0. The molecular formula is C27H21F3N2O4S2. The third-order valence-corrected chi connectivity index (χ3v) is 11.2. The van der Waals surface area contributed by atoms with Crippen LogP contribution in [-0.2, 0) is 15.8 Å². The number of methoxy groups -OCH3 is 1. The molecule has 2 aliphatic heterocycles. The zero-order valence-corrected chi connectivity index (χ0v) is 21.5. The number of amides is 2. The van der Waals surface area contributed by atoms with Gasteiger partial charge in [0, 0.05) is 16.0 Å². The molecule has 38 heavy (non-hydrogen) atoms. The summed E-state index contributed by atoms with van der Waals surface area (Å²) in [5.41, 5.74) is 0.0791. The molecule has 7 rings (SSSR count). The van der Waals surface area contributed by atoms with E-state index >= 15 is 0 Å². The minimum Gasteiger partial charge on any atom is -0.497 e. The van der Waals surface area contributed by atoms with Gasteiger partial charge in [-0.2, -0.15) is 13.2 Å². The second-order valence-corrected chi connectivity index (χ2v) is 12.5. The molecule has 196 valence electrons. The minimum atomic E-state index is -4.58. The van der Waals surface area contributed by atoms with Gasteiger partial charge in [-0.25, -0.2) is 0 Å². The lowest BCUT2D eigenvalue weighted by atomic mass is 9.68. The average Bonchev–Trinajstić information content (AvgIpc) is 3.62. The molecular weight excluding hydrogens is 537 g/mol. The molecule has 3 fully saturated rings. The number of thioether (sulfide) groups is 1. The van der Waals surface area contributed by atoms with Gasteiger partial charge in [-0.3, -0.25) is 19.3 Å². The molecule has 0 unspecified atom stereocenters. The number of fused-ring (bicyclic) bond motifs is 9. The van der Waals surface area contributed by atoms with Gasteiger partial charge in [-0.05, 0) is 60.1 Å². The third-order valence-electron chi connectivity index (χ3n) is 8.63. The van der Waals surface area contributed by atoms with Crippen molar-refractivity contribution in [2.24, 2.45) is 29.6 Å². The lowest BCUT2D eigenvalue weighted by Crippen LogP contribution is -2.42. The Kier molecular flexibility index (Phi) is 5.20. The van der Waals surface area contributed by atoms with Crippen LogP contribution in [0.25, 0.3) is 0 Å². The Hall–Kier alpha value is -3.05. The van der Waals surface area contributed by atoms with Crippen molar-refractivity contribution in [3.63, 3.8) is 0 Å². The predicted octanol–water partition coefficient (Wildman–Crippen LogP) is 5.14. The van der Waals surface area contributed by atoms with E-state index in [9.17, 15) is 27.6 Å². The Morgan fingerprint density at radius 1 is 1.00 bits per heavy atom. The summed E-state index contributed by atoms with van der Waals surface area (Å²) >= 11 is 2.75. The molecule has 6 nitrogen and oxygen atoms in total. The van der Waals surface area contributed by atoms with E-state index in [1.165, 1.54) is 23.5 Å². The van der Waals surface area contributed by atoms with E-state index in [4.69, 9.17) is 4.74 Å². The fourth-order valence-electron chi connectivity index (χ4n) is 7.28. The minimum absolute atomic E-state index is 0.00399. The quantitative estimate of drug-likeness (QED) is 0.451. The second kappa shape index (κ2) is 8.22. The van der Waals surface area contributed by atoms with Crippen LogP contribution in [0, 0.1) is 29.6 Å². The number of anilines is 1. The zero-order valence-electron chi connectivity index (χ0n) is 19.9. The van der Waals surface area contributed by atoms with Crippen LogP contribution < -0.4 is 14.5 Å². The Morgan fingerprint density at radius 2 is 1.71 bits per heavy atom. The Labute approximate surface area is 223 Å². The fourth-order valence-corrected chi connectivity index (χ4v) is 10.2. The largest absolute Gasteiger partial charge is 0.497 e. The maximum Gasteiger partial charge on any atom is 0.416 e. The van der Waals surface area contributed by atoms with Gasteiger partial charge < -0.3 is 9.72 Å². The Bertz CT molecular complexity index is 1530. The van der Waals surface area contributed by atoms with Crippen LogP contribution in [0.2, 0.25) is 0 Å². The summed E-state index contributed by atoms with van der Waals surface area (Å²) in [5, 5.41) is 0.807. The highest BCUT2D eigenvalue weighted by Gasteiger charge is 2.69. The summed E-state index contributed by atoms with van der Waals surface area (Å²) in [6.07, 6.45) is -3.88. The van der Waals surface area contributed by atoms with Crippen molar-refractivity contribution in [1.29, 1.82) is 0 Å². The molecule has 2 saturated carbocycles. The van der Waals surface area contributed by atoms with Crippen LogP contribution in [-0.4, -0.2) is 29.2 Å². The van der Waals surface area contributed by atoms with Crippen LogP contribution in [0.15, 0.2) is 58.4 Å². The van der Waals surface area contributed by atoms with E-state index in [1.54, 1.807) is 18.9 Å². The maximum atomic E-state index is 13.7. The zero-order chi connectivity index (χ0) is 26.5. The van der Waals surface area contributed by atoms with Gasteiger partial charge in [-0.15, -0.1) is 11.8 Å². The number of carbonyl (C=O) groups is 2. The molecule has 3 heterocycles. The average molecular weight is 559 g/mol. The highest BCUT2D eigenvalue weighted by Crippen LogP contribution is 2.68. The monoisotopic (exact) mass is 558 g/mol. The SMILES string of the molecule is COc1ccc([C@@H]2c3sc(=O)[nH]c3S[C@@H]3[C@H]4C[C@@H]([C@@H]5C(=O)N(c6cccc(C(F)(F)F)c6)C(=O)[C@@H]45)[C@@H]23)cc1. The normalized spacial score (nSPS) is 31.4. The van der Waals surface area contributed by atoms with Crippen molar-refractivity contribution in [2.75, 3.05) is 12.0 Å². The third kappa shape index (κ3) is 3.30. The summed E-state index contributed by atoms with van der Waals surface area (Å²) in [7, 11) is 1.59. The van der Waals surface area contributed by atoms with Crippen LogP contribution in [0.1, 0.15) is 28.3 Å². The van der Waals surface area contributed by atoms with Crippen molar-refractivity contribution in [3.8, 4) is 5.75 Å². The van der Waals surface area contributed by atoms with Crippen molar-refractivity contribution < 1.29 is 27.5 Å². The first-order chi connectivity index (χ1) is 18.2. The number of nitrogens with zero attached hydrogens (tertiary/aromatic N) is 1. The van der Waals surface area contributed by atoms with Gasteiger partial charge >= 0.3 is 11.0 Å². The number of hydrogen-bond donors (Lipinski definition) is 1. The lowest BCUT2D eigenvalue weighted by Gasteiger charge is -2.43. The van der Waals surface area contributed by atoms with Gasteiger partial charge in [0.15, 0.2) is 0 Å². The number of rotatable bonds is 3. The highest BCUT2D eigenvalue weighted by atomic mass is 32.2. The molecule has 1 N–H and O–H groups in total. The molecule has 1 saturated heterocycles. The van der Waals surface area contributed by atoms with E-state index in [1.807, 2.05) is 24.3 Å². The molecule has 7 atom stereocenters. The predicted molar refractivity (Wildman–Crippen MR) is 135 cm³/mol. The first kappa shape index (κ1) is 24.0. The Balaban J connectivity index is 1.29. The smallest absolute Gasteiger partial charge is 0.416 e. The van der Waals surface area contributed by atoms with Crippen molar-refractivity contribution in [2.45, 2.75) is 28.8 Å². The van der Waals surface area contributed by atoms with E-state index < -0.39 is 35.4 Å². The Morgan fingerprint density at radius 3 is 2.39 bits per heavy atom. The summed E-state index contributed by atoms with van der Waals surface area (Å²) in [6, 6.07) is 12.1. The van der Waals surface area contributed by atoms with Gasteiger partial charge in [-0.1, -0.05) is 29.5 Å². The number of aromatic amines is 1. The number of aromatic nitrogens is 1. The molecule has 2 bridgehead atoms. The number of nitrogens with one attached hydrogen (secondary N) is 1. The molecule has 0 radical (unpaired) electrons. The first-order valence-electron chi connectivity index (χ1n) is 12.3. The summed E-state index contributed by atoms with van der Waals surface area (Å²) in [4.78, 5) is 44.5. The van der Waals surface area contributed by atoms with Gasteiger partial charge in [0.25, 0.3) is 0 Å². The van der Waals surface area contributed by atoms with Crippen molar-refractivity contribution in [1.82, 2.24) is 4.98 Å². The van der Waals surface area contributed by atoms with Gasteiger partial charge in [0.05, 0.1) is 35.2 Å². The molecule has 2 amide bonds. The van der Waals surface area contributed by atoms with Gasteiger partial charge in [0.2, 0.25) is 11.8 Å². The van der Waals surface area contributed by atoms with Crippen LogP contribution >= 0.6 is 23.1 Å². The number of H-pyrrole nitrogens is 1. The number of carbonyl (C=O) groups excluding carboxylic acids is 2.